The van der Waals surface area contributed by atoms with E-state index in [1.807, 2.05) is 4.90 Å². The maximum absolute atomic E-state index is 12.5. The third kappa shape index (κ3) is 8.31. The number of nitrogens with zero attached hydrogens (tertiary/aromatic N) is 1. The molecule has 1 heterocycles. The Morgan fingerprint density at radius 1 is 1.17 bits per heavy atom. The molecule has 0 spiro atoms. The molecule has 0 unspecified atom stereocenters. The molecular weight excluding hydrogens is 394 g/mol. The smallest absolute Gasteiger partial charge is 0.407 e. The van der Waals surface area contributed by atoms with Crippen LogP contribution >= 0.6 is 11.6 Å². The van der Waals surface area contributed by atoms with Gasteiger partial charge < -0.3 is 20.3 Å². The van der Waals surface area contributed by atoms with Gasteiger partial charge in [0.1, 0.15) is 5.60 Å². The Balaban J connectivity index is 1.63. The normalized spacial score (nSPS) is 15.0. The van der Waals surface area contributed by atoms with E-state index in [9.17, 15) is 14.4 Å². The van der Waals surface area contributed by atoms with E-state index in [1.165, 1.54) is 0 Å². The maximum Gasteiger partial charge on any atom is 0.407 e. The van der Waals surface area contributed by atoms with E-state index in [0.29, 0.717) is 36.1 Å². The lowest BCUT2D eigenvalue weighted by Crippen LogP contribution is -2.42. The largest absolute Gasteiger partial charge is 0.444 e. The molecule has 3 amide bonds. The number of carbonyl (C=O) groups excluding carboxylic acids is 3. The van der Waals surface area contributed by atoms with Crippen molar-refractivity contribution < 1.29 is 19.1 Å². The van der Waals surface area contributed by atoms with E-state index in [-0.39, 0.29) is 24.8 Å². The van der Waals surface area contributed by atoms with E-state index in [0.717, 1.165) is 12.8 Å². The molecule has 0 atom stereocenters. The van der Waals surface area contributed by atoms with Gasteiger partial charge in [-0.3, -0.25) is 9.59 Å². The van der Waals surface area contributed by atoms with Gasteiger partial charge in [-0.15, -0.1) is 0 Å². The van der Waals surface area contributed by atoms with Crippen LogP contribution in [0.5, 0.6) is 0 Å². The second-order valence-corrected chi connectivity index (χ2v) is 8.67. The van der Waals surface area contributed by atoms with Gasteiger partial charge in [-0.1, -0.05) is 17.7 Å². The summed E-state index contributed by atoms with van der Waals surface area (Å²) in [4.78, 5) is 37.9. The molecule has 1 fully saturated rings. The minimum Gasteiger partial charge on any atom is -0.444 e. The molecule has 1 saturated heterocycles. The highest BCUT2D eigenvalue weighted by atomic mass is 35.5. The van der Waals surface area contributed by atoms with Gasteiger partial charge in [0.25, 0.3) is 5.91 Å². The number of hydrogen-bond donors (Lipinski definition) is 2. The number of halogens is 1. The van der Waals surface area contributed by atoms with Crippen LogP contribution < -0.4 is 10.6 Å². The van der Waals surface area contributed by atoms with Crippen LogP contribution in [0.4, 0.5) is 4.79 Å². The average Bonchev–Trinajstić information content (AvgIpc) is 2.65. The van der Waals surface area contributed by atoms with Crippen molar-refractivity contribution in [2.24, 2.45) is 5.92 Å². The summed E-state index contributed by atoms with van der Waals surface area (Å²) in [5.41, 5.74) is 0.0387. The monoisotopic (exact) mass is 423 g/mol. The summed E-state index contributed by atoms with van der Waals surface area (Å²) in [6, 6.07) is 6.97. The van der Waals surface area contributed by atoms with Crippen LogP contribution in [-0.4, -0.2) is 54.6 Å². The minimum absolute atomic E-state index is 0.0109. The molecule has 29 heavy (non-hydrogen) atoms. The maximum atomic E-state index is 12.5. The summed E-state index contributed by atoms with van der Waals surface area (Å²) in [5, 5.41) is 6.03. The molecule has 1 aromatic carbocycles. The first-order valence-electron chi connectivity index (χ1n) is 9.92. The number of piperidine rings is 1. The average molecular weight is 424 g/mol. The summed E-state index contributed by atoms with van der Waals surface area (Å²) in [7, 11) is 0. The molecule has 0 radical (unpaired) electrons. The van der Waals surface area contributed by atoms with Crippen molar-refractivity contribution in [3.8, 4) is 0 Å². The SMILES string of the molecule is CC(C)(C)OC(=O)NCCC(=O)NCC1CCN(C(=O)c2cccc(Cl)c2)CC1. The van der Waals surface area contributed by atoms with Crippen molar-refractivity contribution >= 4 is 29.5 Å². The van der Waals surface area contributed by atoms with Gasteiger partial charge in [-0.2, -0.15) is 0 Å². The lowest BCUT2D eigenvalue weighted by atomic mass is 9.96. The van der Waals surface area contributed by atoms with Crippen LogP contribution in [0, 0.1) is 5.92 Å². The minimum atomic E-state index is -0.560. The quantitative estimate of drug-likeness (QED) is 0.735. The Bertz CT molecular complexity index is 725. The summed E-state index contributed by atoms with van der Waals surface area (Å²) in [5.74, 6) is 0.211. The summed E-state index contributed by atoms with van der Waals surface area (Å²) in [6.45, 7) is 7.48. The number of nitrogens with one attached hydrogen (secondary N) is 2. The number of benzene rings is 1. The van der Waals surface area contributed by atoms with Crippen molar-refractivity contribution in [2.75, 3.05) is 26.2 Å². The number of likely N-dealkylation sites (tertiary alicyclic amines) is 1. The number of ether oxygens (including phenoxy) is 1. The highest BCUT2D eigenvalue weighted by molar-refractivity contribution is 6.30. The standard InChI is InChI=1S/C21H30ClN3O4/c1-21(2,3)29-20(28)23-10-7-18(26)24-14-15-8-11-25(12-9-15)19(27)16-5-4-6-17(22)13-16/h4-6,13,15H,7-12,14H2,1-3H3,(H,23,28)(H,24,26). The first kappa shape index (κ1) is 23.0. The van der Waals surface area contributed by atoms with Crippen molar-refractivity contribution in [1.82, 2.24) is 15.5 Å². The Morgan fingerprint density at radius 2 is 1.86 bits per heavy atom. The van der Waals surface area contributed by atoms with Gasteiger partial charge in [0.05, 0.1) is 0 Å². The first-order valence-corrected chi connectivity index (χ1v) is 10.3. The van der Waals surface area contributed by atoms with Crippen molar-refractivity contribution in [2.45, 2.75) is 45.6 Å². The zero-order chi connectivity index (χ0) is 21.4. The molecular formula is C21H30ClN3O4. The number of rotatable bonds is 6. The van der Waals surface area contributed by atoms with Gasteiger partial charge in [-0.05, 0) is 57.7 Å². The van der Waals surface area contributed by atoms with Crippen LogP contribution in [0.25, 0.3) is 0 Å². The predicted octanol–water partition coefficient (Wildman–Crippen LogP) is 3.22. The number of alkyl carbamates (subject to hydrolysis) is 1. The highest BCUT2D eigenvalue weighted by Crippen LogP contribution is 2.20. The van der Waals surface area contributed by atoms with Gasteiger partial charge in [0.15, 0.2) is 0 Å². The van der Waals surface area contributed by atoms with E-state index in [2.05, 4.69) is 10.6 Å². The molecule has 2 N–H and O–H groups in total. The Morgan fingerprint density at radius 3 is 2.48 bits per heavy atom. The molecule has 1 aliphatic rings. The fourth-order valence-corrected chi connectivity index (χ4v) is 3.27. The van der Waals surface area contributed by atoms with Gasteiger partial charge >= 0.3 is 6.09 Å². The molecule has 0 aromatic heterocycles. The lowest BCUT2D eigenvalue weighted by molar-refractivity contribution is -0.121. The van der Waals surface area contributed by atoms with Gasteiger partial charge in [0.2, 0.25) is 5.91 Å². The van der Waals surface area contributed by atoms with Crippen LogP contribution in [0.2, 0.25) is 5.02 Å². The number of hydrogen-bond acceptors (Lipinski definition) is 4. The van der Waals surface area contributed by atoms with Crippen molar-refractivity contribution in [3.63, 3.8) is 0 Å². The molecule has 2 rings (SSSR count). The Hall–Kier alpha value is -2.28. The van der Waals surface area contributed by atoms with Gasteiger partial charge in [-0.25, -0.2) is 4.79 Å². The van der Waals surface area contributed by atoms with E-state index in [1.54, 1.807) is 45.0 Å². The number of amides is 3. The third-order valence-corrected chi connectivity index (χ3v) is 4.82. The topological polar surface area (TPSA) is 87.7 Å². The number of carbonyl (C=O) groups is 3. The van der Waals surface area contributed by atoms with Crippen LogP contribution in [-0.2, 0) is 9.53 Å². The molecule has 0 aliphatic carbocycles. The van der Waals surface area contributed by atoms with E-state index in [4.69, 9.17) is 16.3 Å². The van der Waals surface area contributed by atoms with Crippen LogP contribution in [0.15, 0.2) is 24.3 Å². The zero-order valence-electron chi connectivity index (χ0n) is 17.3. The fourth-order valence-electron chi connectivity index (χ4n) is 3.08. The van der Waals surface area contributed by atoms with Crippen LogP contribution in [0.3, 0.4) is 0 Å². The molecule has 8 heteroatoms. The van der Waals surface area contributed by atoms with Gasteiger partial charge in [0, 0.05) is 43.2 Å². The first-order chi connectivity index (χ1) is 13.6. The second kappa shape index (κ2) is 10.5. The second-order valence-electron chi connectivity index (χ2n) is 8.23. The summed E-state index contributed by atoms with van der Waals surface area (Å²) >= 11 is 5.96. The molecule has 0 bridgehead atoms. The van der Waals surface area contributed by atoms with E-state index < -0.39 is 11.7 Å². The van der Waals surface area contributed by atoms with E-state index >= 15 is 0 Å². The molecule has 0 saturated carbocycles. The Labute approximate surface area is 177 Å². The highest BCUT2D eigenvalue weighted by Gasteiger charge is 2.24. The Kier molecular flexibility index (Phi) is 8.32. The van der Waals surface area contributed by atoms with Crippen LogP contribution in [0.1, 0.15) is 50.4 Å². The predicted molar refractivity (Wildman–Crippen MR) is 112 cm³/mol. The summed E-state index contributed by atoms with van der Waals surface area (Å²) < 4.78 is 5.12. The third-order valence-electron chi connectivity index (χ3n) is 4.58. The fraction of sp³-hybridized carbons (Fsp3) is 0.571. The molecule has 1 aromatic rings. The lowest BCUT2D eigenvalue weighted by Gasteiger charge is -2.32. The molecule has 7 nitrogen and oxygen atoms in total. The molecule has 160 valence electrons. The van der Waals surface area contributed by atoms with Crippen molar-refractivity contribution in [3.05, 3.63) is 34.9 Å². The zero-order valence-corrected chi connectivity index (χ0v) is 18.1. The summed E-state index contributed by atoms with van der Waals surface area (Å²) in [6.07, 6.45) is 1.35. The van der Waals surface area contributed by atoms with Crippen molar-refractivity contribution in [1.29, 1.82) is 0 Å². The molecule has 1 aliphatic heterocycles.